The van der Waals surface area contributed by atoms with Gasteiger partial charge in [-0.3, -0.25) is 9.97 Å². The molecule has 0 amide bonds. The predicted octanol–water partition coefficient (Wildman–Crippen LogP) is 8.24. The van der Waals surface area contributed by atoms with Crippen molar-refractivity contribution >= 4 is 12.0 Å². The van der Waals surface area contributed by atoms with E-state index in [-0.39, 0.29) is 34.4 Å². The fraction of sp³-hybridized carbons (Fsp3) is 0.500. The molecule has 4 heterocycles. The van der Waals surface area contributed by atoms with Gasteiger partial charge >= 0.3 is 0 Å². The van der Waals surface area contributed by atoms with Gasteiger partial charge in [0.25, 0.3) is 12.0 Å². The first-order valence-corrected chi connectivity index (χ1v) is 20.9. The number of benzene rings is 2. The number of nitrogens with zero attached hydrogens (tertiary/aromatic N) is 4. The number of ether oxygens (including phenoxy) is 3. The van der Waals surface area contributed by atoms with Crippen molar-refractivity contribution in [2.45, 2.75) is 101 Å². The van der Waals surface area contributed by atoms with Gasteiger partial charge in [0.15, 0.2) is 0 Å². The Hall–Kier alpha value is -4.76. The molecule has 2 aromatic heterocycles. The Morgan fingerprint density at radius 1 is 0.667 bits per heavy atom. The number of hydrogen-bond acceptors (Lipinski definition) is 9. The van der Waals surface area contributed by atoms with Crippen LogP contribution in [0.1, 0.15) is 98.9 Å². The second-order valence-electron chi connectivity index (χ2n) is 18.7. The summed E-state index contributed by atoms with van der Waals surface area (Å²) in [6.45, 7) is -1.61. The van der Waals surface area contributed by atoms with Gasteiger partial charge in [0.05, 0.1) is 11.6 Å². The van der Waals surface area contributed by atoms with Crippen molar-refractivity contribution in [3.05, 3.63) is 108 Å². The average Bonchev–Trinajstić information content (AvgIpc) is 4.10. The van der Waals surface area contributed by atoms with Gasteiger partial charge in [-0.25, -0.2) is 9.98 Å². The Bertz CT molecular complexity index is 2500. The SMILES string of the molecule is [2H]C1([2H])OC(N)=NC12c1cc(-c3cccnc3)ccc1C[C@@]21CC[C@H](OC)C2(CC2)C1.[2H]C1([2H])OC(N)=NC12c1cc(-c3cccnc3)ccc1C[C@]21CC[C@@H](C)C2(CC2)C1. The third-order valence-corrected chi connectivity index (χ3v) is 15.9. The molecule has 9 nitrogen and oxygen atoms in total. The highest BCUT2D eigenvalue weighted by molar-refractivity contribution is 5.77. The van der Waals surface area contributed by atoms with Crippen LogP contribution in [0.4, 0.5) is 0 Å². The lowest BCUT2D eigenvalue weighted by molar-refractivity contribution is -0.0621. The number of aromatic nitrogens is 2. The van der Waals surface area contributed by atoms with Gasteiger partial charge in [0.1, 0.15) is 24.2 Å². The van der Waals surface area contributed by atoms with E-state index >= 15 is 0 Å². The highest BCUT2D eigenvalue weighted by atomic mass is 16.5. The molecule has 2 aromatic carbocycles. The van der Waals surface area contributed by atoms with Crippen molar-refractivity contribution in [1.82, 2.24) is 9.97 Å². The molecule has 2 unspecified atom stereocenters. The summed E-state index contributed by atoms with van der Waals surface area (Å²) in [5.74, 6) is 0.685. The van der Waals surface area contributed by atoms with Gasteiger partial charge in [0.2, 0.25) is 0 Å². The Labute approximate surface area is 341 Å². The summed E-state index contributed by atoms with van der Waals surface area (Å²) in [4.78, 5) is 18.1. The number of aliphatic imine (C=N–C) groups is 2. The van der Waals surface area contributed by atoms with Gasteiger partial charge in [-0.2, -0.15) is 0 Å². The topological polar surface area (TPSA) is 130 Å². The fourth-order valence-corrected chi connectivity index (χ4v) is 12.6. The van der Waals surface area contributed by atoms with Gasteiger partial charge in [0, 0.05) is 42.7 Å². The zero-order chi connectivity index (χ0) is 42.3. The normalized spacial score (nSPS) is 36.9. The molecular weight excluding hydrogens is 709 g/mol. The number of hydrogen-bond donors (Lipinski definition) is 2. The van der Waals surface area contributed by atoms with Crippen LogP contribution >= 0.6 is 0 Å². The summed E-state index contributed by atoms with van der Waals surface area (Å²) in [7, 11) is 1.80. The van der Waals surface area contributed by atoms with Crippen molar-refractivity contribution in [1.29, 1.82) is 0 Å². The lowest BCUT2D eigenvalue weighted by Crippen LogP contribution is -2.50. The summed E-state index contributed by atoms with van der Waals surface area (Å²) in [6.07, 6.45) is 19.5. The first-order chi connectivity index (χ1) is 29.2. The van der Waals surface area contributed by atoms with E-state index in [1.54, 1.807) is 19.5 Å². The van der Waals surface area contributed by atoms with Crippen LogP contribution in [0, 0.1) is 27.6 Å². The van der Waals surface area contributed by atoms with Crippen molar-refractivity contribution in [2.75, 3.05) is 20.2 Å². The van der Waals surface area contributed by atoms with Crippen LogP contribution in [0.25, 0.3) is 22.3 Å². The quantitative estimate of drug-likeness (QED) is 0.215. The summed E-state index contributed by atoms with van der Waals surface area (Å²) < 4.78 is 52.9. The molecule has 12 rings (SSSR count). The monoisotopic (exact) mass is 766 g/mol. The van der Waals surface area contributed by atoms with Crippen LogP contribution in [0.5, 0.6) is 0 Å². The van der Waals surface area contributed by atoms with Gasteiger partial charge in [-0.1, -0.05) is 43.3 Å². The number of nitrogens with two attached hydrogens (primary N) is 2. The minimum atomic E-state index is -2.01. The molecule has 4 fully saturated rings. The Morgan fingerprint density at radius 3 is 1.61 bits per heavy atom. The van der Waals surface area contributed by atoms with Gasteiger partial charge in [-0.05, 0) is 163 Å². The van der Waals surface area contributed by atoms with Crippen LogP contribution in [-0.4, -0.2) is 48.3 Å². The minimum absolute atomic E-state index is 0.0255. The number of fused-ring (bicyclic) bond motifs is 6. The van der Waals surface area contributed by atoms with Crippen molar-refractivity contribution < 1.29 is 19.7 Å². The van der Waals surface area contributed by atoms with Gasteiger partial charge < -0.3 is 25.7 Å². The highest BCUT2D eigenvalue weighted by Gasteiger charge is 2.69. The Kier molecular flexibility index (Phi) is 6.79. The van der Waals surface area contributed by atoms with E-state index < -0.39 is 24.2 Å². The molecule has 6 atom stereocenters. The lowest BCUT2D eigenvalue weighted by Gasteiger charge is -2.49. The summed E-state index contributed by atoms with van der Waals surface area (Å²) in [6, 6.07) is 20.5. The summed E-state index contributed by atoms with van der Waals surface area (Å²) >= 11 is 0. The average molecular weight is 767 g/mol. The number of rotatable bonds is 3. The second-order valence-corrected chi connectivity index (χ2v) is 18.7. The number of pyridine rings is 2. The minimum Gasteiger partial charge on any atom is -0.462 e. The third-order valence-electron chi connectivity index (χ3n) is 15.9. The van der Waals surface area contributed by atoms with Crippen molar-refractivity contribution in [2.24, 2.45) is 49.0 Å². The predicted molar refractivity (Wildman–Crippen MR) is 221 cm³/mol. The molecule has 9 heteroatoms. The lowest BCUT2D eigenvalue weighted by atomic mass is 9.56. The maximum Gasteiger partial charge on any atom is 0.283 e. The van der Waals surface area contributed by atoms with Crippen LogP contribution < -0.4 is 11.5 Å². The number of methoxy groups -OCH3 is 1. The maximum atomic E-state index is 8.98. The Morgan fingerprint density at radius 2 is 1.18 bits per heavy atom. The molecule has 0 radical (unpaired) electrons. The van der Waals surface area contributed by atoms with Crippen LogP contribution in [0.15, 0.2) is 95.4 Å². The molecule has 4 aromatic rings. The third kappa shape index (κ3) is 5.16. The molecule has 6 spiro atoms. The zero-order valence-electron chi connectivity index (χ0n) is 36.9. The molecule has 6 aliphatic carbocycles. The van der Waals surface area contributed by atoms with E-state index in [4.69, 9.17) is 41.1 Å². The van der Waals surface area contributed by atoms with E-state index in [2.05, 4.69) is 53.3 Å². The maximum absolute atomic E-state index is 8.98. The van der Waals surface area contributed by atoms with Crippen LogP contribution in [0.2, 0.25) is 0 Å². The first kappa shape index (κ1) is 31.3. The smallest absolute Gasteiger partial charge is 0.283 e. The summed E-state index contributed by atoms with van der Waals surface area (Å²) in [5.41, 5.74) is 17.9. The summed E-state index contributed by atoms with van der Waals surface area (Å²) in [5, 5.41) is 0. The second kappa shape index (κ2) is 12.4. The molecular formula is C48H54N6O3. The van der Waals surface area contributed by atoms with Crippen LogP contribution in [0.3, 0.4) is 0 Å². The molecule has 57 heavy (non-hydrogen) atoms. The zero-order valence-corrected chi connectivity index (χ0v) is 32.9. The van der Waals surface area contributed by atoms with Gasteiger partial charge in [-0.15, -0.1) is 0 Å². The number of amidine groups is 2. The van der Waals surface area contributed by atoms with E-state index in [9.17, 15) is 0 Å². The van der Waals surface area contributed by atoms with Crippen molar-refractivity contribution in [3.63, 3.8) is 0 Å². The highest BCUT2D eigenvalue weighted by Crippen LogP contribution is 2.72. The molecule has 2 aliphatic heterocycles. The fourth-order valence-electron chi connectivity index (χ4n) is 12.6. The largest absolute Gasteiger partial charge is 0.462 e. The van der Waals surface area contributed by atoms with Crippen LogP contribution in [-0.2, 0) is 38.1 Å². The van der Waals surface area contributed by atoms with Crippen molar-refractivity contribution in [3.8, 4) is 22.3 Å². The van der Waals surface area contributed by atoms with E-state index in [1.165, 1.54) is 18.4 Å². The van der Waals surface area contributed by atoms with E-state index in [1.807, 2.05) is 36.7 Å². The molecule has 0 saturated heterocycles. The molecule has 294 valence electrons. The Balaban J connectivity index is 0.000000138. The van der Waals surface area contributed by atoms with E-state index in [0.29, 0.717) is 11.3 Å². The van der Waals surface area contributed by atoms with E-state index in [0.717, 1.165) is 103 Å². The molecule has 4 N–H and O–H groups in total. The molecule has 4 saturated carbocycles. The standard InChI is InChI=1S/C24H27N3O2.C24H27N3O/c1-28-20-6-7-23(14-22(20)8-9-22)12-17-5-4-16(18-3-2-10-26-13-18)11-19(17)24(23)15-29-21(25)27-24;1-16-6-7-23(14-22(16)8-9-22)12-18-5-4-17(19-3-2-10-26-13-19)11-20(18)24(23)15-28-21(25)27-24/h2-5,10-11,13,20H,6-9,12,14-15H2,1H3,(H2,25,27);2-5,10-11,13,16H,6-9,12,14-15H2,1H3,(H2,25,27)/t20-,23+,24?;16-,23+,24?/m01/s1/i2*15D2. The molecule has 8 aliphatic rings. The first-order valence-electron chi connectivity index (χ1n) is 22.9. The molecule has 0 bridgehead atoms.